The van der Waals surface area contributed by atoms with E-state index in [4.69, 9.17) is 13.7 Å². The summed E-state index contributed by atoms with van der Waals surface area (Å²) in [4.78, 5) is 42.2. The Bertz CT molecular complexity index is 1070. The first-order chi connectivity index (χ1) is 13.5. The fourth-order valence-corrected chi connectivity index (χ4v) is 2.98. The van der Waals surface area contributed by atoms with Gasteiger partial charge in [-0.2, -0.15) is 0 Å². The number of urea groups is 1. The van der Waals surface area contributed by atoms with Gasteiger partial charge in [0.1, 0.15) is 5.69 Å². The van der Waals surface area contributed by atoms with E-state index in [1.54, 1.807) is 19.1 Å². The summed E-state index contributed by atoms with van der Waals surface area (Å²) in [5.41, 5.74) is 1.11. The normalized spacial score (nSPS) is 14.9. The maximum Gasteiger partial charge on any atom is 0.339 e. The Hall–Kier alpha value is -3.69. The number of pyridine rings is 1. The van der Waals surface area contributed by atoms with Gasteiger partial charge in [0, 0.05) is 13.1 Å². The van der Waals surface area contributed by atoms with Gasteiger partial charge < -0.3 is 19.0 Å². The third-order valence-corrected chi connectivity index (χ3v) is 4.37. The minimum Gasteiger partial charge on any atom is -0.463 e. The summed E-state index contributed by atoms with van der Waals surface area (Å²) in [5, 5.41) is 6.76. The predicted molar refractivity (Wildman–Crippen MR) is 94.2 cm³/mol. The van der Waals surface area contributed by atoms with E-state index in [9.17, 15) is 14.4 Å². The zero-order chi connectivity index (χ0) is 19.8. The fraction of sp³-hybridized carbons (Fsp3) is 0.278. The van der Waals surface area contributed by atoms with Crippen molar-refractivity contribution in [1.82, 2.24) is 20.4 Å². The van der Waals surface area contributed by atoms with Crippen molar-refractivity contribution in [2.75, 3.05) is 13.1 Å². The van der Waals surface area contributed by atoms with E-state index in [-0.39, 0.29) is 17.8 Å². The standard InChI is InChI=1S/C18H16N4O6/c1-9-14-11(8-12(13-4-3-7-26-13)20-15(14)28-21-9)17(24)27-10(2)16(23)22-6-5-19-18(22)25/h3-4,7-8,10H,5-6H2,1-2H3,(H,19,25). The first-order valence-electron chi connectivity index (χ1n) is 8.57. The molecule has 1 atom stereocenters. The Morgan fingerprint density at radius 1 is 1.39 bits per heavy atom. The lowest BCUT2D eigenvalue weighted by Crippen LogP contribution is -2.41. The number of aromatic nitrogens is 2. The number of ether oxygens (including phenoxy) is 1. The van der Waals surface area contributed by atoms with E-state index >= 15 is 0 Å². The van der Waals surface area contributed by atoms with Gasteiger partial charge in [-0.05, 0) is 32.0 Å². The van der Waals surface area contributed by atoms with Gasteiger partial charge in [0.2, 0.25) is 0 Å². The van der Waals surface area contributed by atoms with Gasteiger partial charge in [-0.15, -0.1) is 0 Å². The van der Waals surface area contributed by atoms with E-state index in [2.05, 4.69) is 15.5 Å². The number of furan rings is 1. The zero-order valence-corrected chi connectivity index (χ0v) is 15.1. The highest BCUT2D eigenvalue weighted by Gasteiger charge is 2.32. The molecule has 1 aliphatic heterocycles. The highest BCUT2D eigenvalue weighted by atomic mass is 16.5. The van der Waals surface area contributed by atoms with Crippen molar-refractivity contribution in [3.63, 3.8) is 0 Å². The molecule has 10 nitrogen and oxygen atoms in total. The Morgan fingerprint density at radius 3 is 2.89 bits per heavy atom. The first-order valence-corrected chi connectivity index (χ1v) is 8.57. The second-order valence-electron chi connectivity index (χ2n) is 6.25. The molecule has 1 saturated heterocycles. The van der Waals surface area contributed by atoms with Crippen LogP contribution in [0.15, 0.2) is 33.4 Å². The molecule has 0 aromatic carbocycles. The summed E-state index contributed by atoms with van der Waals surface area (Å²) in [6, 6.07) is 4.36. The van der Waals surface area contributed by atoms with E-state index in [1.807, 2.05) is 0 Å². The molecule has 0 saturated carbocycles. The molecule has 0 spiro atoms. The number of amides is 3. The SMILES string of the molecule is Cc1noc2nc(-c3ccco3)cc(C(=O)OC(C)C(=O)N3CCNC3=O)c12. The van der Waals surface area contributed by atoms with Crippen molar-refractivity contribution in [2.45, 2.75) is 20.0 Å². The van der Waals surface area contributed by atoms with Crippen LogP contribution in [0.1, 0.15) is 23.0 Å². The lowest BCUT2D eigenvalue weighted by molar-refractivity contribution is -0.136. The van der Waals surface area contributed by atoms with Crippen LogP contribution in [0.5, 0.6) is 0 Å². The number of rotatable bonds is 4. The average molecular weight is 384 g/mol. The Morgan fingerprint density at radius 2 is 2.21 bits per heavy atom. The Labute approximate surface area is 158 Å². The molecule has 0 aliphatic carbocycles. The van der Waals surface area contributed by atoms with Crippen LogP contribution < -0.4 is 5.32 Å². The van der Waals surface area contributed by atoms with Crippen molar-refractivity contribution in [1.29, 1.82) is 0 Å². The maximum atomic E-state index is 12.8. The molecule has 10 heteroatoms. The van der Waals surface area contributed by atoms with Gasteiger partial charge in [0.15, 0.2) is 11.9 Å². The van der Waals surface area contributed by atoms with Crippen LogP contribution in [-0.4, -0.2) is 52.1 Å². The molecule has 144 valence electrons. The smallest absolute Gasteiger partial charge is 0.339 e. The molecule has 1 aliphatic rings. The number of hydrogen-bond acceptors (Lipinski definition) is 8. The predicted octanol–water partition coefficient (Wildman–Crippen LogP) is 1.89. The van der Waals surface area contributed by atoms with Crippen molar-refractivity contribution >= 4 is 29.0 Å². The monoisotopic (exact) mass is 384 g/mol. The number of imide groups is 1. The Kier molecular flexibility index (Phi) is 4.30. The molecule has 28 heavy (non-hydrogen) atoms. The van der Waals surface area contributed by atoms with Gasteiger partial charge >= 0.3 is 12.0 Å². The van der Waals surface area contributed by atoms with Crippen LogP contribution >= 0.6 is 0 Å². The molecule has 4 heterocycles. The van der Waals surface area contributed by atoms with E-state index in [0.29, 0.717) is 29.1 Å². The number of hydrogen-bond donors (Lipinski definition) is 1. The van der Waals surface area contributed by atoms with Crippen molar-refractivity contribution in [3.05, 3.63) is 35.7 Å². The minimum atomic E-state index is -1.15. The number of aryl methyl sites for hydroxylation is 1. The van der Waals surface area contributed by atoms with E-state index < -0.39 is 24.0 Å². The molecular weight excluding hydrogens is 368 g/mol. The van der Waals surface area contributed by atoms with Gasteiger partial charge in [0.25, 0.3) is 11.6 Å². The molecule has 1 fully saturated rings. The molecule has 1 unspecified atom stereocenters. The maximum absolute atomic E-state index is 12.8. The quantitative estimate of drug-likeness (QED) is 0.676. The molecule has 0 radical (unpaired) electrons. The summed E-state index contributed by atoms with van der Waals surface area (Å²) >= 11 is 0. The highest BCUT2D eigenvalue weighted by molar-refractivity contribution is 6.05. The number of fused-ring (bicyclic) bond motifs is 1. The third kappa shape index (κ3) is 2.98. The number of nitrogens with zero attached hydrogens (tertiary/aromatic N) is 3. The van der Waals surface area contributed by atoms with Gasteiger partial charge in [-0.1, -0.05) is 5.16 Å². The molecule has 3 amide bonds. The van der Waals surface area contributed by atoms with E-state index in [1.165, 1.54) is 19.3 Å². The number of esters is 1. The van der Waals surface area contributed by atoms with Gasteiger partial charge in [-0.3, -0.25) is 9.69 Å². The summed E-state index contributed by atoms with van der Waals surface area (Å²) in [6.07, 6.45) is 0.332. The van der Waals surface area contributed by atoms with Crippen molar-refractivity contribution in [2.24, 2.45) is 0 Å². The van der Waals surface area contributed by atoms with Gasteiger partial charge in [0.05, 0.1) is 22.9 Å². The average Bonchev–Trinajstić information content (AvgIpc) is 3.42. The number of nitrogens with one attached hydrogen (secondary N) is 1. The zero-order valence-electron chi connectivity index (χ0n) is 15.1. The molecular formula is C18H16N4O6. The minimum absolute atomic E-state index is 0.140. The summed E-state index contributed by atoms with van der Waals surface area (Å²) in [5.74, 6) is -0.920. The number of carbonyl (C=O) groups excluding carboxylic acids is 3. The molecule has 3 aromatic heterocycles. The molecule has 3 aromatic rings. The molecule has 4 rings (SSSR count). The summed E-state index contributed by atoms with van der Waals surface area (Å²) < 4.78 is 15.8. The van der Waals surface area contributed by atoms with Crippen LogP contribution in [0.3, 0.4) is 0 Å². The molecule has 1 N–H and O–H groups in total. The van der Waals surface area contributed by atoms with Crippen LogP contribution in [0.2, 0.25) is 0 Å². The third-order valence-electron chi connectivity index (χ3n) is 4.37. The summed E-state index contributed by atoms with van der Waals surface area (Å²) in [6.45, 7) is 3.67. The molecule has 0 bridgehead atoms. The van der Waals surface area contributed by atoms with Crippen molar-refractivity contribution < 1.29 is 28.1 Å². The topological polar surface area (TPSA) is 128 Å². The lowest BCUT2D eigenvalue weighted by atomic mass is 10.1. The van der Waals surface area contributed by atoms with E-state index in [0.717, 1.165) is 4.90 Å². The van der Waals surface area contributed by atoms with Crippen LogP contribution in [-0.2, 0) is 9.53 Å². The van der Waals surface area contributed by atoms with Crippen LogP contribution in [0, 0.1) is 6.92 Å². The van der Waals surface area contributed by atoms with Crippen molar-refractivity contribution in [3.8, 4) is 11.5 Å². The van der Waals surface area contributed by atoms with Crippen LogP contribution in [0.4, 0.5) is 4.79 Å². The fourth-order valence-electron chi connectivity index (χ4n) is 2.98. The van der Waals surface area contributed by atoms with Gasteiger partial charge in [-0.25, -0.2) is 14.6 Å². The second kappa shape index (κ2) is 6.80. The first kappa shape index (κ1) is 17.7. The largest absolute Gasteiger partial charge is 0.463 e. The Balaban J connectivity index is 1.65. The highest BCUT2D eigenvalue weighted by Crippen LogP contribution is 2.28. The second-order valence-corrected chi connectivity index (χ2v) is 6.25. The summed E-state index contributed by atoms with van der Waals surface area (Å²) in [7, 11) is 0. The lowest BCUT2D eigenvalue weighted by Gasteiger charge is -2.18. The number of carbonyl (C=O) groups is 3. The van der Waals surface area contributed by atoms with Crippen LogP contribution in [0.25, 0.3) is 22.6 Å².